The van der Waals surface area contributed by atoms with Crippen molar-refractivity contribution in [2.24, 2.45) is 0 Å². The maximum atomic E-state index is 11.6. The Bertz CT molecular complexity index is 440. The molecule has 3 nitrogen and oxygen atoms in total. The number of nitrogens with zero attached hydrogens (tertiary/aromatic N) is 1. The van der Waals surface area contributed by atoms with Crippen molar-refractivity contribution >= 4 is 5.78 Å². The van der Waals surface area contributed by atoms with E-state index in [4.69, 9.17) is 4.74 Å². The highest BCUT2D eigenvalue weighted by atomic mass is 16.5. The SMILES string of the molecule is CCOc1cccc(CN2CC(=O)CC2(C)C)c1. The van der Waals surface area contributed by atoms with Crippen LogP contribution >= 0.6 is 0 Å². The van der Waals surface area contributed by atoms with Gasteiger partial charge in [-0.3, -0.25) is 9.69 Å². The van der Waals surface area contributed by atoms with Crippen molar-refractivity contribution in [3.05, 3.63) is 29.8 Å². The van der Waals surface area contributed by atoms with E-state index in [9.17, 15) is 4.79 Å². The van der Waals surface area contributed by atoms with E-state index in [1.165, 1.54) is 5.56 Å². The Labute approximate surface area is 109 Å². The van der Waals surface area contributed by atoms with Crippen molar-refractivity contribution in [1.82, 2.24) is 4.90 Å². The lowest BCUT2D eigenvalue weighted by atomic mass is 10.0. The molecular formula is C15H21NO2. The molecule has 1 saturated heterocycles. The molecule has 0 saturated carbocycles. The topological polar surface area (TPSA) is 29.5 Å². The molecular weight excluding hydrogens is 226 g/mol. The van der Waals surface area contributed by atoms with E-state index < -0.39 is 0 Å². The molecule has 3 heteroatoms. The number of benzene rings is 1. The van der Waals surface area contributed by atoms with Crippen molar-refractivity contribution in [1.29, 1.82) is 0 Å². The fraction of sp³-hybridized carbons (Fsp3) is 0.533. The van der Waals surface area contributed by atoms with Gasteiger partial charge in [0.15, 0.2) is 0 Å². The Balaban J connectivity index is 2.09. The first kappa shape index (κ1) is 13.1. The summed E-state index contributed by atoms with van der Waals surface area (Å²) in [7, 11) is 0. The molecule has 18 heavy (non-hydrogen) atoms. The zero-order chi connectivity index (χ0) is 13.2. The lowest BCUT2D eigenvalue weighted by Crippen LogP contribution is -2.37. The Kier molecular flexibility index (Phi) is 3.71. The van der Waals surface area contributed by atoms with E-state index in [0.29, 0.717) is 25.4 Å². The maximum absolute atomic E-state index is 11.6. The highest BCUT2D eigenvalue weighted by molar-refractivity contribution is 5.84. The molecule has 0 bridgehead atoms. The smallest absolute Gasteiger partial charge is 0.148 e. The molecule has 1 heterocycles. The third-order valence-electron chi connectivity index (χ3n) is 3.44. The maximum Gasteiger partial charge on any atom is 0.148 e. The second-order valence-electron chi connectivity index (χ2n) is 5.46. The molecule has 0 amide bonds. The first-order valence-electron chi connectivity index (χ1n) is 6.50. The van der Waals surface area contributed by atoms with Crippen LogP contribution in [0.15, 0.2) is 24.3 Å². The van der Waals surface area contributed by atoms with E-state index >= 15 is 0 Å². The molecule has 1 aliphatic rings. The lowest BCUT2D eigenvalue weighted by Gasteiger charge is -2.30. The summed E-state index contributed by atoms with van der Waals surface area (Å²) in [5.41, 5.74) is 1.17. The largest absolute Gasteiger partial charge is 0.494 e. The lowest BCUT2D eigenvalue weighted by molar-refractivity contribution is -0.117. The van der Waals surface area contributed by atoms with Crippen molar-refractivity contribution in [3.8, 4) is 5.75 Å². The number of carbonyl (C=O) groups is 1. The zero-order valence-electron chi connectivity index (χ0n) is 11.4. The van der Waals surface area contributed by atoms with Gasteiger partial charge in [-0.05, 0) is 38.5 Å². The summed E-state index contributed by atoms with van der Waals surface area (Å²) in [6, 6.07) is 8.11. The molecule has 1 aliphatic heterocycles. The molecule has 1 aromatic rings. The predicted octanol–water partition coefficient (Wildman–Crippen LogP) is 2.64. The summed E-state index contributed by atoms with van der Waals surface area (Å²) in [5, 5.41) is 0. The molecule has 1 aromatic carbocycles. The van der Waals surface area contributed by atoms with Gasteiger partial charge in [-0.25, -0.2) is 0 Å². The molecule has 98 valence electrons. The molecule has 0 spiro atoms. The Morgan fingerprint density at radius 2 is 2.17 bits per heavy atom. The van der Waals surface area contributed by atoms with Crippen molar-refractivity contribution in [2.45, 2.75) is 39.3 Å². The number of ketones is 1. The fourth-order valence-electron chi connectivity index (χ4n) is 2.47. The van der Waals surface area contributed by atoms with Gasteiger partial charge in [-0.1, -0.05) is 12.1 Å². The standard InChI is InChI=1S/C15H21NO2/c1-4-18-14-7-5-6-12(8-14)10-16-11-13(17)9-15(16,2)3/h5-8H,4,9-11H2,1-3H3. The number of likely N-dealkylation sites (tertiary alicyclic amines) is 1. The average Bonchev–Trinajstić information content (AvgIpc) is 2.52. The number of hydrogen-bond acceptors (Lipinski definition) is 3. The summed E-state index contributed by atoms with van der Waals surface area (Å²) in [6.45, 7) is 8.28. The average molecular weight is 247 g/mol. The molecule has 0 atom stereocenters. The monoisotopic (exact) mass is 247 g/mol. The van der Waals surface area contributed by atoms with E-state index in [0.717, 1.165) is 12.3 Å². The number of ether oxygens (including phenoxy) is 1. The third-order valence-corrected chi connectivity index (χ3v) is 3.44. The van der Waals surface area contributed by atoms with Crippen LogP contribution in [0.5, 0.6) is 5.75 Å². The third kappa shape index (κ3) is 2.91. The summed E-state index contributed by atoms with van der Waals surface area (Å²) >= 11 is 0. The van der Waals surface area contributed by atoms with Gasteiger partial charge in [0.25, 0.3) is 0 Å². The number of rotatable bonds is 4. The summed E-state index contributed by atoms with van der Waals surface area (Å²) in [5.74, 6) is 1.24. The molecule has 0 N–H and O–H groups in total. The van der Waals surface area contributed by atoms with Crippen LogP contribution in [0.2, 0.25) is 0 Å². The van der Waals surface area contributed by atoms with Gasteiger partial charge in [0, 0.05) is 18.5 Å². The highest BCUT2D eigenvalue weighted by Gasteiger charge is 2.36. The van der Waals surface area contributed by atoms with Crippen LogP contribution in [-0.4, -0.2) is 29.4 Å². The molecule has 2 rings (SSSR count). The second kappa shape index (κ2) is 5.11. The number of Topliss-reactive ketones (excluding diaryl/α,β-unsaturated/α-hetero) is 1. The van der Waals surface area contributed by atoms with Crippen molar-refractivity contribution in [2.75, 3.05) is 13.2 Å². The minimum Gasteiger partial charge on any atom is -0.494 e. The van der Waals surface area contributed by atoms with E-state index in [1.54, 1.807) is 0 Å². The van der Waals surface area contributed by atoms with Crippen molar-refractivity contribution < 1.29 is 9.53 Å². The first-order valence-corrected chi connectivity index (χ1v) is 6.50. The Morgan fingerprint density at radius 3 is 2.78 bits per heavy atom. The first-order chi connectivity index (χ1) is 8.51. The Morgan fingerprint density at radius 1 is 1.39 bits per heavy atom. The normalized spacial score (nSPS) is 19.2. The zero-order valence-corrected chi connectivity index (χ0v) is 11.4. The van der Waals surface area contributed by atoms with Crippen LogP contribution in [0.3, 0.4) is 0 Å². The Hall–Kier alpha value is -1.35. The summed E-state index contributed by atoms with van der Waals surface area (Å²) in [4.78, 5) is 13.8. The van der Waals surface area contributed by atoms with Gasteiger partial charge in [0.05, 0.1) is 13.2 Å². The molecule has 0 unspecified atom stereocenters. The van der Waals surface area contributed by atoms with Crippen LogP contribution < -0.4 is 4.74 Å². The van der Waals surface area contributed by atoms with Crippen LogP contribution in [-0.2, 0) is 11.3 Å². The fourth-order valence-corrected chi connectivity index (χ4v) is 2.47. The molecule has 1 fully saturated rings. The number of hydrogen-bond donors (Lipinski definition) is 0. The van der Waals surface area contributed by atoms with Crippen LogP contribution in [0.1, 0.15) is 32.8 Å². The van der Waals surface area contributed by atoms with Crippen LogP contribution in [0.4, 0.5) is 0 Å². The van der Waals surface area contributed by atoms with Crippen LogP contribution in [0, 0.1) is 0 Å². The van der Waals surface area contributed by atoms with Crippen molar-refractivity contribution in [3.63, 3.8) is 0 Å². The minimum atomic E-state index is -0.0291. The molecule has 0 aliphatic carbocycles. The van der Waals surface area contributed by atoms with Crippen LogP contribution in [0.25, 0.3) is 0 Å². The highest BCUT2D eigenvalue weighted by Crippen LogP contribution is 2.28. The van der Waals surface area contributed by atoms with E-state index in [2.05, 4.69) is 30.9 Å². The molecule has 0 radical (unpaired) electrons. The molecule has 0 aromatic heterocycles. The van der Waals surface area contributed by atoms with Gasteiger partial charge in [-0.15, -0.1) is 0 Å². The number of carbonyl (C=O) groups excluding carboxylic acids is 1. The van der Waals surface area contributed by atoms with Gasteiger partial charge in [-0.2, -0.15) is 0 Å². The summed E-state index contributed by atoms with van der Waals surface area (Å²) < 4.78 is 5.50. The minimum absolute atomic E-state index is 0.0291. The summed E-state index contributed by atoms with van der Waals surface area (Å²) in [6.07, 6.45) is 0.651. The second-order valence-corrected chi connectivity index (χ2v) is 5.46. The van der Waals surface area contributed by atoms with Gasteiger partial charge in [0.1, 0.15) is 11.5 Å². The predicted molar refractivity (Wildman–Crippen MR) is 71.7 cm³/mol. The quantitative estimate of drug-likeness (QED) is 0.819. The van der Waals surface area contributed by atoms with Gasteiger partial charge < -0.3 is 4.74 Å². The van der Waals surface area contributed by atoms with Gasteiger partial charge >= 0.3 is 0 Å². The van der Waals surface area contributed by atoms with E-state index in [1.807, 2.05) is 19.1 Å². The van der Waals surface area contributed by atoms with E-state index in [-0.39, 0.29) is 5.54 Å². The van der Waals surface area contributed by atoms with Gasteiger partial charge in [0.2, 0.25) is 0 Å².